The van der Waals surface area contributed by atoms with Gasteiger partial charge < -0.3 is 10.1 Å². The van der Waals surface area contributed by atoms with Gasteiger partial charge in [0, 0.05) is 18.3 Å². The van der Waals surface area contributed by atoms with Crippen molar-refractivity contribution in [1.29, 1.82) is 0 Å². The van der Waals surface area contributed by atoms with E-state index < -0.39 is 30.2 Å². The average molecular weight is 609 g/mol. The van der Waals surface area contributed by atoms with E-state index in [0.717, 1.165) is 21.5 Å². The molecule has 41 heavy (non-hydrogen) atoms. The van der Waals surface area contributed by atoms with Gasteiger partial charge in [0.2, 0.25) is 5.82 Å². The molecule has 0 atom stereocenters. The fourth-order valence-electron chi connectivity index (χ4n) is 3.66. The molecule has 3 heterocycles. The number of halogens is 4. The molecule has 0 aliphatic rings. The highest BCUT2D eigenvalue weighted by molar-refractivity contribution is 6.32. The van der Waals surface area contributed by atoms with Crippen molar-refractivity contribution < 1.29 is 27.9 Å². The Morgan fingerprint density at radius 1 is 1.17 bits per heavy atom. The van der Waals surface area contributed by atoms with Gasteiger partial charge in [-0.25, -0.2) is 32.9 Å². The van der Waals surface area contributed by atoms with Gasteiger partial charge in [0.05, 0.1) is 35.6 Å². The molecule has 0 aliphatic carbocycles. The summed E-state index contributed by atoms with van der Waals surface area (Å²) < 4.78 is 33.1. The highest BCUT2D eigenvalue weighted by Gasteiger charge is 2.25. The van der Waals surface area contributed by atoms with Crippen molar-refractivity contribution in [2.45, 2.75) is 19.9 Å². The summed E-state index contributed by atoms with van der Waals surface area (Å²) in [5.41, 5.74) is 2.74. The number of tetrazole rings is 1. The molecule has 14 nitrogen and oxygen atoms in total. The third-order valence-electron chi connectivity index (χ3n) is 5.50. The lowest BCUT2D eigenvalue weighted by atomic mass is 10.1. The molecular weight excluding hydrogens is 589 g/mol. The number of anilines is 1. The van der Waals surface area contributed by atoms with E-state index in [2.05, 4.69) is 41.1 Å². The maximum absolute atomic E-state index is 13.6. The second-order valence-electron chi connectivity index (χ2n) is 8.31. The lowest BCUT2D eigenvalue weighted by molar-refractivity contribution is 0.0767. The molecule has 0 fully saturated rings. The number of rotatable bonds is 7. The van der Waals surface area contributed by atoms with Crippen molar-refractivity contribution in [1.82, 2.24) is 45.4 Å². The SMILES string of the molecule is COC(=O)N(C)NC(=O)c1cc(Cl)cc(C)c1NC(=O)c1cc(Cn2nnnc2C(F)F)nn1-c1ncccc1Cl. The zero-order chi connectivity index (χ0) is 29.8. The number of hydrogen-bond donors (Lipinski definition) is 2. The Kier molecular flexibility index (Phi) is 8.73. The van der Waals surface area contributed by atoms with Crippen LogP contribution in [0.3, 0.4) is 0 Å². The Labute approximate surface area is 240 Å². The Bertz CT molecular complexity index is 1630. The van der Waals surface area contributed by atoms with Gasteiger partial charge in [-0.3, -0.25) is 15.0 Å². The Morgan fingerprint density at radius 2 is 1.93 bits per heavy atom. The van der Waals surface area contributed by atoms with Crippen LogP contribution in [0.25, 0.3) is 5.82 Å². The van der Waals surface area contributed by atoms with Crippen LogP contribution < -0.4 is 10.7 Å². The van der Waals surface area contributed by atoms with Gasteiger partial charge in [0.25, 0.3) is 18.2 Å². The molecule has 4 rings (SSSR count). The summed E-state index contributed by atoms with van der Waals surface area (Å²) >= 11 is 12.5. The van der Waals surface area contributed by atoms with Gasteiger partial charge in [-0.2, -0.15) is 5.10 Å². The van der Waals surface area contributed by atoms with E-state index >= 15 is 0 Å². The molecule has 0 spiro atoms. The van der Waals surface area contributed by atoms with Crippen LogP contribution in [0.2, 0.25) is 10.0 Å². The van der Waals surface area contributed by atoms with Gasteiger partial charge in [0.15, 0.2) is 5.82 Å². The Balaban J connectivity index is 1.74. The molecular formula is C23H20Cl2F2N10O4. The summed E-state index contributed by atoms with van der Waals surface area (Å²) in [7, 11) is 2.40. The third kappa shape index (κ3) is 6.38. The number of nitrogens with one attached hydrogen (secondary N) is 2. The van der Waals surface area contributed by atoms with Gasteiger partial charge >= 0.3 is 6.09 Å². The molecule has 0 saturated carbocycles. The molecule has 0 radical (unpaired) electrons. The van der Waals surface area contributed by atoms with Crippen LogP contribution in [0, 0.1) is 6.92 Å². The number of carbonyl (C=O) groups is 3. The number of hydrazine groups is 1. The van der Waals surface area contributed by atoms with Gasteiger partial charge in [-0.1, -0.05) is 23.2 Å². The first-order valence-electron chi connectivity index (χ1n) is 11.5. The maximum atomic E-state index is 13.6. The molecule has 0 unspecified atom stereocenters. The first kappa shape index (κ1) is 29.3. The standard InChI is InChI=1S/C23H20Cl2F2N10O4/c1-11-7-12(24)8-14(21(38)32-35(2)23(40)41-3)17(11)29-22(39)16-9-13(10-36-20(18(26)27)30-33-34-36)31-37(16)19-15(25)5-4-6-28-19/h4-9,18H,10H2,1-3H3,(H,29,39)(H,32,38). The van der Waals surface area contributed by atoms with Crippen LogP contribution >= 0.6 is 23.2 Å². The number of alkyl halides is 2. The van der Waals surface area contributed by atoms with E-state index in [1.807, 2.05) is 0 Å². The lowest BCUT2D eigenvalue weighted by Crippen LogP contribution is -2.43. The van der Waals surface area contributed by atoms with Gasteiger partial charge in [0.1, 0.15) is 5.69 Å². The van der Waals surface area contributed by atoms with Crippen LogP contribution in [-0.4, -0.2) is 72.0 Å². The van der Waals surface area contributed by atoms with E-state index in [4.69, 9.17) is 23.2 Å². The number of ether oxygens (including phenoxy) is 1. The van der Waals surface area contributed by atoms with E-state index in [1.54, 1.807) is 13.0 Å². The fraction of sp³-hybridized carbons (Fsp3) is 0.217. The summed E-state index contributed by atoms with van der Waals surface area (Å²) in [6, 6.07) is 7.21. The quantitative estimate of drug-likeness (QED) is 0.299. The Hall–Kier alpha value is -4.70. The number of hydrogen-bond acceptors (Lipinski definition) is 9. The summed E-state index contributed by atoms with van der Waals surface area (Å²) in [5, 5.41) is 18.3. The summed E-state index contributed by atoms with van der Waals surface area (Å²) in [5.74, 6) is -2.16. The van der Waals surface area contributed by atoms with Gasteiger partial charge in [-0.15, -0.1) is 5.10 Å². The highest BCUT2D eigenvalue weighted by Crippen LogP contribution is 2.28. The van der Waals surface area contributed by atoms with E-state index in [9.17, 15) is 23.2 Å². The largest absolute Gasteiger partial charge is 0.452 e. The predicted molar refractivity (Wildman–Crippen MR) is 140 cm³/mol. The van der Waals surface area contributed by atoms with Crippen molar-refractivity contribution in [3.05, 3.63) is 74.9 Å². The minimum Gasteiger partial charge on any atom is -0.452 e. The number of amides is 3. The molecule has 0 saturated heterocycles. The van der Waals surface area contributed by atoms with Crippen molar-refractivity contribution in [3.63, 3.8) is 0 Å². The van der Waals surface area contributed by atoms with Crippen molar-refractivity contribution >= 4 is 46.8 Å². The second kappa shape index (κ2) is 12.2. The minimum atomic E-state index is -2.95. The molecule has 3 amide bonds. The predicted octanol–water partition coefficient (Wildman–Crippen LogP) is 3.45. The topological polar surface area (TPSA) is 162 Å². The van der Waals surface area contributed by atoms with Crippen molar-refractivity contribution in [2.75, 3.05) is 19.5 Å². The second-order valence-corrected chi connectivity index (χ2v) is 9.15. The van der Waals surface area contributed by atoms with Crippen LogP contribution in [-0.2, 0) is 11.3 Å². The molecule has 0 aliphatic heterocycles. The number of aromatic nitrogens is 7. The van der Waals surface area contributed by atoms with Gasteiger partial charge in [-0.05, 0) is 53.2 Å². The van der Waals surface area contributed by atoms with E-state index in [0.29, 0.717) is 5.56 Å². The average Bonchev–Trinajstić information content (AvgIpc) is 3.57. The number of pyridine rings is 1. The normalized spacial score (nSPS) is 10.9. The molecule has 2 N–H and O–H groups in total. The summed E-state index contributed by atoms with van der Waals surface area (Å²) in [6.07, 6.45) is -2.37. The first-order chi connectivity index (χ1) is 19.5. The van der Waals surface area contributed by atoms with E-state index in [1.165, 1.54) is 37.5 Å². The minimum absolute atomic E-state index is 0.0667. The van der Waals surface area contributed by atoms with Crippen LogP contribution in [0.5, 0.6) is 0 Å². The van der Waals surface area contributed by atoms with Crippen LogP contribution in [0.1, 0.15) is 44.4 Å². The zero-order valence-corrected chi connectivity index (χ0v) is 23.0. The Morgan fingerprint density at radius 3 is 2.61 bits per heavy atom. The van der Waals surface area contributed by atoms with Crippen molar-refractivity contribution in [2.24, 2.45) is 0 Å². The molecule has 0 bridgehead atoms. The van der Waals surface area contributed by atoms with Crippen molar-refractivity contribution in [3.8, 4) is 5.82 Å². The molecule has 18 heteroatoms. The monoisotopic (exact) mass is 608 g/mol. The maximum Gasteiger partial charge on any atom is 0.428 e. The first-order valence-corrected chi connectivity index (χ1v) is 12.2. The molecule has 4 aromatic rings. The number of carbonyl (C=O) groups excluding carboxylic acids is 3. The number of nitrogens with zero attached hydrogens (tertiary/aromatic N) is 8. The van der Waals surface area contributed by atoms with E-state index in [-0.39, 0.29) is 45.0 Å². The molecule has 214 valence electrons. The smallest absolute Gasteiger partial charge is 0.428 e. The number of aryl methyl sites for hydroxylation is 1. The highest BCUT2D eigenvalue weighted by atomic mass is 35.5. The number of benzene rings is 1. The third-order valence-corrected chi connectivity index (χ3v) is 6.01. The summed E-state index contributed by atoms with van der Waals surface area (Å²) in [4.78, 5) is 42.6. The van der Waals surface area contributed by atoms with Crippen LogP contribution in [0.4, 0.5) is 19.3 Å². The fourth-order valence-corrected chi connectivity index (χ4v) is 4.13. The lowest BCUT2D eigenvalue weighted by Gasteiger charge is -2.19. The van der Waals surface area contributed by atoms with Crippen LogP contribution in [0.15, 0.2) is 36.5 Å². The molecule has 3 aromatic heterocycles. The zero-order valence-electron chi connectivity index (χ0n) is 21.5. The number of methoxy groups -OCH3 is 1. The summed E-state index contributed by atoms with van der Waals surface area (Å²) in [6.45, 7) is 1.29. The molecule has 1 aromatic carbocycles.